The number of imide groups is 1. The average molecular weight is 473 g/mol. The lowest BCUT2D eigenvalue weighted by Gasteiger charge is -2.37. The van der Waals surface area contributed by atoms with Gasteiger partial charge in [-0.05, 0) is 43.9 Å². The van der Waals surface area contributed by atoms with Crippen LogP contribution < -0.4 is 15.0 Å². The van der Waals surface area contributed by atoms with E-state index in [9.17, 15) is 19.2 Å². The number of piperidine rings is 2. The van der Waals surface area contributed by atoms with Crippen molar-refractivity contribution in [1.82, 2.24) is 15.1 Å². The van der Waals surface area contributed by atoms with Gasteiger partial charge in [0.2, 0.25) is 5.91 Å². The number of benzene rings is 1. The van der Waals surface area contributed by atoms with E-state index >= 15 is 0 Å². The second-order valence-electron chi connectivity index (χ2n) is 8.94. The number of hydrogen-bond donors (Lipinski definition) is 1. The SMILES string of the molecule is COc1ccc(C(=O)N2CCC(OC3CCN(CC=O)CC3)CC2)cc1N1CCC(=O)NC1=O. The molecule has 10 heteroatoms. The number of ether oxygens (including phenoxy) is 2. The summed E-state index contributed by atoms with van der Waals surface area (Å²) in [6.45, 7) is 3.69. The molecule has 0 radical (unpaired) electrons. The number of nitrogens with zero attached hydrogens (tertiary/aromatic N) is 3. The van der Waals surface area contributed by atoms with Gasteiger partial charge in [-0.25, -0.2) is 4.79 Å². The second-order valence-corrected chi connectivity index (χ2v) is 8.94. The molecule has 3 saturated heterocycles. The smallest absolute Gasteiger partial charge is 0.328 e. The van der Waals surface area contributed by atoms with E-state index in [1.807, 2.05) is 4.90 Å². The number of likely N-dealkylation sites (tertiary alicyclic amines) is 2. The van der Waals surface area contributed by atoms with Gasteiger partial charge >= 0.3 is 6.03 Å². The van der Waals surface area contributed by atoms with Crippen LogP contribution in [0.15, 0.2) is 18.2 Å². The van der Waals surface area contributed by atoms with Crippen LogP contribution >= 0.6 is 0 Å². The minimum Gasteiger partial charge on any atom is -0.495 e. The van der Waals surface area contributed by atoms with E-state index in [-0.39, 0.29) is 37.0 Å². The van der Waals surface area contributed by atoms with Gasteiger partial charge in [0.25, 0.3) is 5.91 Å². The molecule has 0 aliphatic carbocycles. The van der Waals surface area contributed by atoms with E-state index in [1.165, 1.54) is 12.0 Å². The van der Waals surface area contributed by atoms with Crippen LogP contribution in [0.1, 0.15) is 42.5 Å². The Balaban J connectivity index is 1.34. The Morgan fingerprint density at radius 1 is 1.06 bits per heavy atom. The Labute approximate surface area is 199 Å². The van der Waals surface area contributed by atoms with E-state index in [4.69, 9.17) is 9.47 Å². The first-order valence-electron chi connectivity index (χ1n) is 11.9. The number of anilines is 1. The number of hydrogen-bond acceptors (Lipinski definition) is 7. The Bertz CT molecular complexity index is 922. The first-order chi connectivity index (χ1) is 16.5. The monoisotopic (exact) mass is 472 g/mol. The van der Waals surface area contributed by atoms with Crippen molar-refractivity contribution in [2.45, 2.75) is 44.3 Å². The molecule has 184 valence electrons. The Hall–Kier alpha value is -2.98. The largest absolute Gasteiger partial charge is 0.495 e. The summed E-state index contributed by atoms with van der Waals surface area (Å²) in [6, 6.07) is 4.52. The third kappa shape index (κ3) is 5.56. The van der Waals surface area contributed by atoms with Crippen molar-refractivity contribution in [2.24, 2.45) is 0 Å². The highest BCUT2D eigenvalue weighted by Gasteiger charge is 2.30. The van der Waals surface area contributed by atoms with Crippen molar-refractivity contribution in [3.05, 3.63) is 23.8 Å². The zero-order chi connectivity index (χ0) is 24.1. The van der Waals surface area contributed by atoms with Crippen LogP contribution in [0, 0.1) is 0 Å². The average Bonchev–Trinajstić information content (AvgIpc) is 2.85. The fourth-order valence-electron chi connectivity index (χ4n) is 4.81. The normalized spacial score (nSPS) is 20.9. The summed E-state index contributed by atoms with van der Waals surface area (Å²) < 4.78 is 11.7. The molecule has 0 unspecified atom stereocenters. The molecule has 3 aliphatic heterocycles. The Kier molecular flexibility index (Phi) is 7.79. The third-order valence-corrected chi connectivity index (χ3v) is 6.75. The van der Waals surface area contributed by atoms with Gasteiger partial charge in [0.1, 0.15) is 12.0 Å². The van der Waals surface area contributed by atoms with Gasteiger partial charge in [0.05, 0.1) is 31.5 Å². The Morgan fingerprint density at radius 3 is 2.35 bits per heavy atom. The highest BCUT2D eigenvalue weighted by Crippen LogP contribution is 2.31. The molecular weight excluding hydrogens is 440 g/mol. The molecule has 10 nitrogen and oxygen atoms in total. The van der Waals surface area contributed by atoms with E-state index in [2.05, 4.69) is 10.2 Å². The molecule has 1 aromatic rings. The lowest BCUT2D eigenvalue weighted by molar-refractivity contribution is -0.120. The maximum atomic E-state index is 13.2. The van der Waals surface area contributed by atoms with Crippen LogP contribution in [0.5, 0.6) is 5.75 Å². The number of carbonyl (C=O) groups excluding carboxylic acids is 4. The Morgan fingerprint density at radius 2 is 1.74 bits per heavy atom. The zero-order valence-corrected chi connectivity index (χ0v) is 19.5. The number of urea groups is 1. The molecule has 0 bridgehead atoms. The molecule has 34 heavy (non-hydrogen) atoms. The lowest BCUT2D eigenvalue weighted by Crippen LogP contribution is -2.49. The van der Waals surface area contributed by atoms with Gasteiger partial charge < -0.3 is 19.2 Å². The summed E-state index contributed by atoms with van der Waals surface area (Å²) in [5.41, 5.74) is 0.944. The first-order valence-corrected chi connectivity index (χ1v) is 11.9. The molecule has 3 heterocycles. The predicted molar refractivity (Wildman–Crippen MR) is 124 cm³/mol. The minimum absolute atomic E-state index is 0.0991. The highest BCUT2D eigenvalue weighted by molar-refractivity contribution is 6.07. The van der Waals surface area contributed by atoms with Crippen molar-refractivity contribution in [1.29, 1.82) is 0 Å². The molecule has 0 saturated carbocycles. The molecule has 0 aromatic heterocycles. The predicted octanol–water partition coefficient (Wildman–Crippen LogP) is 1.43. The number of rotatable bonds is 7. The number of methoxy groups -OCH3 is 1. The van der Waals surface area contributed by atoms with Gasteiger partial charge in [-0.1, -0.05) is 0 Å². The molecular formula is C24H32N4O6. The minimum atomic E-state index is -0.519. The summed E-state index contributed by atoms with van der Waals surface area (Å²) in [5.74, 6) is 0.0504. The maximum absolute atomic E-state index is 13.2. The summed E-state index contributed by atoms with van der Waals surface area (Å²) in [4.78, 5) is 53.1. The number of aldehydes is 1. The quantitative estimate of drug-likeness (QED) is 0.598. The van der Waals surface area contributed by atoms with Crippen molar-refractivity contribution < 1.29 is 28.7 Å². The van der Waals surface area contributed by atoms with E-state index < -0.39 is 6.03 Å². The van der Waals surface area contributed by atoms with Crippen molar-refractivity contribution in [3.63, 3.8) is 0 Å². The molecule has 4 rings (SSSR count). The molecule has 4 amide bonds. The van der Waals surface area contributed by atoms with Crippen LogP contribution in [0.25, 0.3) is 0 Å². The van der Waals surface area contributed by atoms with Gasteiger partial charge in [0.15, 0.2) is 0 Å². The van der Waals surface area contributed by atoms with Gasteiger partial charge in [-0.3, -0.25) is 24.7 Å². The van der Waals surface area contributed by atoms with Crippen molar-refractivity contribution in [3.8, 4) is 5.75 Å². The van der Waals surface area contributed by atoms with Crippen molar-refractivity contribution >= 4 is 29.8 Å². The summed E-state index contributed by atoms with van der Waals surface area (Å²) in [6.07, 6.45) is 4.89. The fourth-order valence-corrected chi connectivity index (χ4v) is 4.81. The summed E-state index contributed by atoms with van der Waals surface area (Å²) in [7, 11) is 1.50. The number of amides is 4. The molecule has 1 aromatic carbocycles. The lowest BCUT2D eigenvalue weighted by atomic mass is 10.0. The van der Waals surface area contributed by atoms with Crippen molar-refractivity contribution in [2.75, 3.05) is 51.3 Å². The van der Waals surface area contributed by atoms with Gasteiger partial charge in [0, 0.05) is 44.7 Å². The molecule has 1 N–H and O–H groups in total. The first kappa shape index (κ1) is 24.2. The topological polar surface area (TPSA) is 108 Å². The fraction of sp³-hybridized carbons (Fsp3) is 0.583. The molecule has 0 atom stereocenters. The van der Waals surface area contributed by atoms with E-state index in [0.29, 0.717) is 36.6 Å². The third-order valence-electron chi connectivity index (χ3n) is 6.75. The summed E-state index contributed by atoms with van der Waals surface area (Å²) >= 11 is 0. The van der Waals surface area contributed by atoms with Gasteiger partial charge in [-0.15, -0.1) is 0 Å². The zero-order valence-electron chi connectivity index (χ0n) is 19.5. The van der Waals surface area contributed by atoms with Gasteiger partial charge in [-0.2, -0.15) is 0 Å². The van der Waals surface area contributed by atoms with Crippen LogP contribution in [0.4, 0.5) is 10.5 Å². The van der Waals surface area contributed by atoms with Crippen LogP contribution in [-0.2, 0) is 14.3 Å². The molecule has 0 spiro atoms. The van der Waals surface area contributed by atoms with Crippen LogP contribution in [0.3, 0.4) is 0 Å². The van der Waals surface area contributed by atoms with Crippen LogP contribution in [-0.4, -0.2) is 92.5 Å². The highest BCUT2D eigenvalue weighted by atomic mass is 16.5. The number of nitrogens with one attached hydrogen (secondary N) is 1. The molecule has 3 aliphatic rings. The number of carbonyl (C=O) groups is 4. The van der Waals surface area contributed by atoms with E-state index in [0.717, 1.165) is 45.1 Å². The standard InChI is InChI=1S/C24H32N4O6/c1-33-21-3-2-17(16-20(21)28-13-8-22(30)25-24(28)32)23(31)27-11-6-19(7-12-27)34-18-4-9-26(10-5-18)14-15-29/h2-3,15-16,18-19H,4-14H2,1H3,(H,25,30,32). The second kappa shape index (κ2) is 11.0. The van der Waals surface area contributed by atoms with E-state index in [1.54, 1.807) is 18.2 Å². The van der Waals surface area contributed by atoms with Crippen LogP contribution in [0.2, 0.25) is 0 Å². The summed E-state index contributed by atoms with van der Waals surface area (Å²) in [5, 5.41) is 2.30. The maximum Gasteiger partial charge on any atom is 0.328 e. The molecule has 3 fully saturated rings.